The van der Waals surface area contributed by atoms with Gasteiger partial charge in [0.2, 0.25) is 11.8 Å². The molecule has 1 aromatic carbocycles. The molecule has 3 atom stereocenters. The van der Waals surface area contributed by atoms with E-state index in [0.717, 1.165) is 18.4 Å². The van der Waals surface area contributed by atoms with Crippen molar-refractivity contribution in [1.29, 1.82) is 0 Å². The third-order valence-corrected chi connectivity index (χ3v) is 6.16. The van der Waals surface area contributed by atoms with E-state index in [1.54, 1.807) is 39.5 Å². The van der Waals surface area contributed by atoms with E-state index < -0.39 is 41.6 Å². The standard InChI is InChI=1S/C30H49N3O6/c1-10-23-14-16-24(17-15-23)26(27(35)31-19-18-25(34)38-11-2)33(21(5)13-12-20(3)4)28(36)22(6)32-29(37)39-30(7,8)9/h14-17,20-22,26H,10-13,18-19H2,1-9H3,(H,31,35)(H,32,37). The molecule has 0 saturated carbocycles. The van der Waals surface area contributed by atoms with Crippen molar-refractivity contribution >= 4 is 23.9 Å². The van der Waals surface area contributed by atoms with E-state index in [1.807, 2.05) is 38.1 Å². The van der Waals surface area contributed by atoms with Gasteiger partial charge in [-0.1, -0.05) is 45.0 Å². The van der Waals surface area contributed by atoms with Crippen LogP contribution in [0.4, 0.5) is 4.79 Å². The zero-order valence-corrected chi connectivity index (χ0v) is 25.3. The number of hydrogen-bond acceptors (Lipinski definition) is 6. The van der Waals surface area contributed by atoms with Crippen LogP contribution in [0, 0.1) is 5.92 Å². The van der Waals surface area contributed by atoms with Crippen molar-refractivity contribution in [3.8, 4) is 0 Å². The highest BCUT2D eigenvalue weighted by atomic mass is 16.6. The number of alkyl carbamates (subject to hydrolysis) is 1. The average Bonchev–Trinajstić information content (AvgIpc) is 2.84. The minimum Gasteiger partial charge on any atom is -0.466 e. The van der Waals surface area contributed by atoms with Gasteiger partial charge in [-0.2, -0.15) is 0 Å². The van der Waals surface area contributed by atoms with Crippen molar-refractivity contribution in [2.75, 3.05) is 13.2 Å². The second-order valence-electron chi connectivity index (χ2n) is 11.3. The average molecular weight is 548 g/mol. The van der Waals surface area contributed by atoms with Crippen molar-refractivity contribution < 1.29 is 28.7 Å². The van der Waals surface area contributed by atoms with E-state index in [4.69, 9.17) is 9.47 Å². The largest absolute Gasteiger partial charge is 0.466 e. The van der Waals surface area contributed by atoms with Crippen LogP contribution in [-0.2, 0) is 30.3 Å². The summed E-state index contributed by atoms with van der Waals surface area (Å²) in [5, 5.41) is 5.45. The molecule has 0 spiro atoms. The number of benzene rings is 1. The van der Waals surface area contributed by atoms with Gasteiger partial charge in [0.25, 0.3) is 0 Å². The van der Waals surface area contributed by atoms with E-state index >= 15 is 0 Å². The topological polar surface area (TPSA) is 114 Å². The maximum Gasteiger partial charge on any atom is 0.408 e. The molecule has 0 radical (unpaired) electrons. The van der Waals surface area contributed by atoms with Gasteiger partial charge >= 0.3 is 12.1 Å². The zero-order chi connectivity index (χ0) is 29.8. The van der Waals surface area contributed by atoms with Crippen molar-refractivity contribution in [3.05, 3.63) is 35.4 Å². The number of nitrogens with one attached hydrogen (secondary N) is 2. The molecule has 0 aliphatic heterocycles. The number of hydrogen-bond donors (Lipinski definition) is 2. The number of amides is 3. The predicted molar refractivity (Wildman–Crippen MR) is 152 cm³/mol. The Hall–Kier alpha value is -3.10. The van der Waals surface area contributed by atoms with Crippen LogP contribution in [0.15, 0.2) is 24.3 Å². The fourth-order valence-electron chi connectivity index (χ4n) is 4.07. The van der Waals surface area contributed by atoms with Gasteiger partial charge in [0, 0.05) is 12.6 Å². The van der Waals surface area contributed by atoms with Crippen LogP contribution >= 0.6 is 0 Å². The van der Waals surface area contributed by atoms with Gasteiger partial charge in [-0.05, 0) is 77.8 Å². The van der Waals surface area contributed by atoms with Crippen molar-refractivity contribution in [2.24, 2.45) is 5.92 Å². The van der Waals surface area contributed by atoms with Gasteiger partial charge in [-0.15, -0.1) is 0 Å². The lowest BCUT2D eigenvalue weighted by Crippen LogP contribution is -2.54. The Morgan fingerprint density at radius 1 is 0.949 bits per heavy atom. The summed E-state index contributed by atoms with van der Waals surface area (Å²) < 4.78 is 10.3. The van der Waals surface area contributed by atoms with E-state index in [0.29, 0.717) is 17.9 Å². The van der Waals surface area contributed by atoms with Crippen molar-refractivity contribution in [2.45, 2.75) is 112 Å². The van der Waals surface area contributed by atoms with Crippen LogP contribution in [0.5, 0.6) is 0 Å². The lowest BCUT2D eigenvalue weighted by Gasteiger charge is -2.38. The first-order valence-corrected chi connectivity index (χ1v) is 14.0. The Bertz CT molecular complexity index is 939. The second kappa shape index (κ2) is 16.1. The normalized spacial score (nSPS) is 13.7. The summed E-state index contributed by atoms with van der Waals surface area (Å²) in [6.45, 7) is 17.1. The van der Waals surface area contributed by atoms with E-state index in [2.05, 4.69) is 24.5 Å². The summed E-state index contributed by atoms with van der Waals surface area (Å²) in [7, 11) is 0. The molecule has 0 aliphatic rings. The molecule has 0 fully saturated rings. The molecule has 1 rings (SSSR count). The van der Waals surface area contributed by atoms with E-state index in [1.165, 1.54) is 0 Å². The maximum absolute atomic E-state index is 13.9. The summed E-state index contributed by atoms with van der Waals surface area (Å²) in [4.78, 5) is 53.5. The van der Waals surface area contributed by atoms with Gasteiger partial charge < -0.3 is 25.0 Å². The summed E-state index contributed by atoms with van der Waals surface area (Å²) in [6.07, 6.45) is 1.67. The third-order valence-electron chi connectivity index (χ3n) is 6.16. The molecule has 3 unspecified atom stereocenters. The number of rotatable bonds is 14. The van der Waals surface area contributed by atoms with E-state index in [-0.39, 0.29) is 25.6 Å². The quantitative estimate of drug-likeness (QED) is 0.320. The Labute approximate surface area is 234 Å². The number of nitrogens with zero attached hydrogens (tertiary/aromatic N) is 1. The monoisotopic (exact) mass is 547 g/mol. The molecule has 2 N–H and O–H groups in total. The van der Waals surface area contributed by atoms with E-state index in [9.17, 15) is 19.2 Å². The highest BCUT2D eigenvalue weighted by molar-refractivity contribution is 5.92. The first-order chi connectivity index (χ1) is 18.2. The number of esters is 1. The molecule has 0 saturated heterocycles. The molecule has 3 amide bonds. The zero-order valence-electron chi connectivity index (χ0n) is 25.3. The third kappa shape index (κ3) is 12.1. The first kappa shape index (κ1) is 33.9. The second-order valence-corrected chi connectivity index (χ2v) is 11.3. The Morgan fingerprint density at radius 3 is 2.08 bits per heavy atom. The number of ether oxygens (including phenoxy) is 2. The highest BCUT2D eigenvalue weighted by Gasteiger charge is 2.37. The van der Waals surface area contributed by atoms with Crippen LogP contribution in [0.3, 0.4) is 0 Å². The molecule has 0 aromatic heterocycles. The maximum atomic E-state index is 13.9. The van der Waals surface area contributed by atoms with Gasteiger partial charge in [0.1, 0.15) is 17.7 Å². The minimum absolute atomic E-state index is 0.0223. The lowest BCUT2D eigenvalue weighted by atomic mass is 9.96. The van der Waals surface area contributed by atoms with Gasteiger partial charge in [0.05, 0.1) is 13.0 Å². The fraction of sp³-hybridized carbons (Fsp3) is 0.667. The predicted octanol–water partition coefficient (Wildman–Crippen LogP) is 4.93. The van der Waals surface area contributed by atoms with Crippen LogP contribution in [0.2, 0.25) is 0 Å². The Balaban J connectivity index is 3.40. The molecular weight excluding hydrogens is 498 g/mol. The first-order valence-electron chi connectivity index (χ1n) is 14.0. The van der Waals surface area contributed by atoms with Gasteiger partial charge in [-0.25, -0.2) is 4.79 Å². The lowest BCUT2D eigenvalue weighted by molar-refractivity contribution is -0.145. The van der Waals surface area contributed by atoms with Crippen LogP contribution in [-0.4, -0.2) is 59.6 Å². The van der Waals surface area contributed by atoms with Crippen LogP contribution < -0.4 is 10.6 Å². The molecule has 9 heteroatoms. The number of aryl methyl sites for hydroxylation is 1. The van der Waals surface area contributed by atoms with Gasteiger partial charge in [0.15, 0.2) is 0 Å². The molecule has 39 heavy (non-hydrogen) atoms. The molecule has 9 nitrogen and oxygen atoms in total. The molecule has 0 bridgehead atoms. The highest BCUT2D eigenvalue weighted by Crippen LogP contribution is 2.28. The number of carbonyl (C=O) groups excluding carboxylic acids is 4. The summed E-state index contributed by atoms with van der Waals surface area (Å²) in [6, 6.07) is 5.39. The van der Waals surface area contributed by atoms with Gasteiger partial charge in [-0.3, -0.25) is 14.4 Å². The molecule has 1 aromatic rings. The van der Waals surface area contributed by atoms with Crippen LogP contribution in [0.25, 0.3) is 0 Å². The molecule has 0 aliphatic carbocycles. The van der Waals surface area contributed by atoms with Crippen molar-refractivity contribution in [3.63, 3.8) is 0 Å². The Morgan fingerprint density at radius 2 is 1.56 bits per heavy atom. The van der Waals surface area contributed by atoms with Crippen molar-refractivity contribution in [1.82, 2.24) is 15.5 Å². The Kier molecular flexibility index (Phi) is 14.0. The summed E-state index contributed by atoms with van der Waals surface area (Å²) in [5.41, 5.74) is 1.03. The molecular formula is C30H49N3O6. The fourth-order valence-corrected chi connectivity index (χ4v) is 4.07. The molecule has 0 heterocycles. The smallest absolute Gasteiger partial charge is 0.408 e. The summed E-state index contributed by atoms with van der Waals surface area (Å²) >= 11 is 0. The van der Waals surface area contributed by atoms with Crippen LogP contribution in [0.1, 0.15) is 98.7 Å². The molecule has 220 valence electrons. The SMILES string of the molecule is CCOC(=O)CCNC(=O)C(c1ccc(CC)cc1)N(C(=O)C(C)NC(=O)OC(C)(C)C)C(C)CCC(C)C. The number of carbonyl (C=O) groups is 4. The minimum atomic E-state index is -0.962. The summed E-state index contributed by atoms with van der Waals surface area (Å²) in [5.74, 6) is -0.808.